The van der Waals surface area contributed by atoms with Crippen LogP contribution in [0.1, 0.15) is 22.8 Å². The van der Waals surface area contributed by atoms with E-state index in [0.717, 1.165) is 44.1 Å². The van der Waals surface area contributed by atoms with Crippen molar-refractivity contribution in [2.24, 2.45) is 0 Å². The van der Waals surface area contributed by atoms with Crippen molar-refractivity contribution in [2.75, 3.05) is 50.0 Å². The van der Waals surface area contributed by atoms with Crippen molar-refractivity contribution in [3.8, 4) is 0 Å². The van der Waals surface area contributed by atoms with E-state index in [1.807, 2.05) is 6.20 Å². The summed E-state index contributed by atoms with van der Waals surface area (Å²) >= 11 is 0. The van der Waals surface area contributed by atoms with Gasteiger partial charge in [0.05, 0.1) is 5.56 Å². The van der Waals surface area contributed by atoms with Crippen LogP contribution in [-0.4, -0.2) is 60.5 Å². The molecule has 3 heterocycles. The maximum absolute atomic E-state index is 11.9. The SMILES string of the molecule is CCN1CCN(c2ccc(CNc3ncccc3C(=O)NC)cn2)CC1. The summed E-state index contributed by atoms with van der Waals surface area (Å²) in [6.45, 7) is 8.08. The Bertz CT molecular complexity index is 725. The van der Waals surface area contributed by atoms with Crippen molar-refractivity contribution in [3.05, 3.63) is 47.8 Å². The fourth-order valence-electron chi connectivity index (χ4n) is 3.05. The molecule has 2 aromatic heterocycles. The van der Waals surface area contributed by atoms with Gasteiger partial charge in [0.15, 0.2) is 0 Å². The minimum atomic E-state index is -0.153. The Morgan fingerprint density at radius 1 is 1.15 bits per heavy atom. The van der Waals surface area contributed by atoms with E-state index in [-0.39, 0.29) is 5.91 Å². The number of anilines is 2. The van der Waals surface area contributed by atoms with Gasteiger partial charge in [0, 0.05) is 52.2 Å². The van der Waals surface area contributed by atoms with Gasteiger partial charge in [-0.3, -0.25) is 4.79 Å². The van der Waals surface area contributed by atoms with Gasteiger partial charge >= 0.3 is 0 Å². The molecule has 7 heteroatoms. The van der Waals surface area contributed by atoms with E-state index in [1.54, 1.807) is 25.4 Å². The zero-order chi connectivity index (χ0) is 18.4. The summed E-state index contributed by atoms with van der Waals surface area (Å²) in [5.41, 5.74) is 1.59. The molecule has 0 saturated carbocycles. The van der Waals surface area contributed by atoms with E-state index in [1.165, 1.54) is 0 Å². The Balaban J connectivity index is 1.60. The third kappa shape index (κ3) is 4.29. The molecule has 0 radical (unpaired) electrons. The maximum Gasteiger partial charge on any atom is 0.254 e. The number of hydrogen-bond acceptors (Lipinski definition) is 6. The molecular weight excluding hydrogens is 328 g/mol. The number of carbonyl (C=O) groups is 1. The molecule has 1 aliphatic heterocycles. The average Bonchev–Trinajstić information content (AvgIpc) is 2.72. The monoisotopic (exact) mass is 354 g/mol. The number of nitrogens with one attached hydrogen (secondary N) is 2. The van der Waals surface area contributed by atoms with Crippen molar-refractivity contribution in [3.63, 3.8) is 0 Å². The molecule has 3 rings (SSSR count). The number of rotatable bonds is 6. The van der Waals surface area contributed by atoms with Gasteiger partial charge in [0.1, 0.15) is 11.6 Å². The fraction of sp³-hybridized carbons (Fsp3) is 0.421. The molecule has 26 heavy (non-hydrogen) atoms. The number of carbonyl (C=O) groups excluding carboxylic acids is 1. The average molecular weight is 354 g/mol. The Morgan fingerprint density at radius 2 is 1.96 bits per heavy atom. The van der Waals surface area contributed by atoms with Gasteiger partial charge in [0.2, 0.25) is 0 Å². The van der Waals surface area contributed by atoms with Crippen LogP contribution in [0.3, 0.4) is 0 Å². The minimum absolute atomic E-state index is 0.153. The van der Waals surface area contributed by atoms with Crippen LogP contribution in [0, 0.1) is 0 Å². The number of likely N-dealkylation sites (N-methyl/N-ethyl adjacent to an activating group) is 1. The fourth-order valence-corrected chi connectivity index (χ4v) is 3.05. The Kier molecular flexibility index (Phi) is 6.01. The zero-order valence-electron chi connectivity index (χ0n) is 15.4. The topological polar surface area (TPSA) is 73.4 Å². The zero-order valence-corrected chi connectivity index (χ0v) is 15.4. The molecular formula is C19H26N6O. The maximum atomic E-state index is 11.9. The van der Waals surface area contributed by atoms with Gasteiger partial charge < -0.3 is 20.4 Å². The van der Waals surface area contributed by atoms with Crippen LogP contribution < -0.4 is 15.5 Å². The van der Waals surface area contributed by atoms with Gasteiger partial charge in [0.25, 0.3) is 5.91 Å². The second kappa shape index (κ2) is 8.62. The highest BCUT2D eigenvalue weighted by Gasteiger charge is 2.16. The first kappa shape index (κ1) is 18.1. The van der Waals surface area contributed by atoms with E-state index < -0.39 is 0 Å². The molecule has 1 amide bonds. The molecule has 7 nitrogen and oxygen atoms in total. The molecule has 0 unspecified atom stereocenters. The lowest BCUT2D eigenvalue weighted by Gasteiger charge is -2.34. The number of amides is 1. The summed E-state index contributed by atoms with van der Waals surface area (Å²) < 4.78 is 0. The highest BCUT2D eigenvalue weighted by molar-refractivity contribution is 5.98. The van der Waals surface area contributed by atoms with Crippen LogP contribution in [0.4, 0.5) is 11.6 Å². The van der Waals surface area contributed by atoms with E-state index in [2.05, 4.69) is 49.5 Å². The molecule has 0 aliphatic carbocycles. The van der Waals surface area contributed by atoms with E-state index in [0.29, 0.717) is 17.9 Å². The summed E-state index contributed by atoms with van der Waals surface area (Å²) in [5.74, 6) is 1.44. The molecule has 2 aromatic rings. The van der Waals surface area contributed by atoms with Crippen LogP contribution >= 0.6 is 0 Å². The van der Waals surface area contributed by atoms with Crippen molar-refractivity contribution in [1.29, 1.82) is 0 Å². The van der Waals surface area contributed by atoms with Crippen molar-refractivity contribution < 1.29 is 4.79 Å². The second-order valence-corrected chi connectivity index (χ2v) is 6.28. The van der Waals surface area contributed by atoms with Crippen molar-refractivity contribution >= 4 is 17.5 Å². The first-order valence-corrected chi connectivity index (χ1v) is 9.04. The number of nitrogens with zero attached hydrogens (tertiary/aromatic N) is 4. The quantitative estimate of drug-likeness (QED) is 0.821. The summed E-state index contributed by atoms with van der Waals surface area (Å²) in [6.07, 6.45) is 3.56. The lowest BCUT2D eigenvalue weighted by molar-refractivity contribution is 0.0963. The lowest BCUT2D eigenvalue weighted by atomic mass is 10.2. The van der Waals surface area contributed by atoms with Crippen LogP contribution in [0.5, 0.6) is 0 Å². The standard InChI is InChI=1S/C19H26N6O/c1-3-24-9-11-25(12-10-24)17-7-6-15(13-22-17)14-23-18-16(19(26)20-2)5-4-8-21-18/h4-8,13H,3,9-12,14H2,1-2H3,(H,20,26)(H,21,23). The third-order valence-electron chi connectivity index (χ3n) is 4.69. The third-order valence-corrected chi connectivity index (χ3v) is 4.69. The predicted octanol–water partition coefficient (Wildman–Crippen LogP) is 1.59. The van der Waals surface area contributed by atoms with Crippen LogP contribution in [0.25, 0.3) is 0 Å². The number of aromatic nitrogens is 2. The molecule has 1 saturated heterocycles. The summed E-state index contributed by atoms with van der Waals surface area (Å²) in [4.78, 5) is 25.5. The summed E-state index contributed by atoms with van der Waals surface area (Å²) in [7, 11) is 1.61. The van der Waals surface area contributed by atoms with Crippen LogP contribution in [0.2, 0.25) is 0 Å². The predicted molar refractivity (Wildman–Crippen MR) is 104 cm³/mol. The first-order valence-electron chi connectivity index (χ1n) is 9.04. The van der Waals surface area contributed by atoms with E-state index in [9.17, 15) is 4.79 Å². The first-order chi connectivity index (χ1) is 12.7. The molecule has 0 atom stereocenters. The molecule has 0 bridgehead atoms. The van der Waals surface area contributed by atoms with Gasteiger partial charge in [-0.05, 0) is 30.3 Å². The molecule has 2 N–H and O–H groups in total. The molecule has 1 fully saturated rings. The second-order valence-electron chi connectivity index (χ2n) is 6.28. The Morgan fingerprint density at radius 3 is 2.62 bits per heavy atom. The van der Waals surface area contributed by atoms with E-state index >= 15 is 0 Å². The Labute approximate surface area is 154 Å². The smallest absolute Gasteiger partial charge is 0.254 e. The molecule has 1 aliphatic rings. The number of hydrogen-bond donors (Lipinski definition) is 2. The van der Waals surface area contributed by atoms with Crippen molar-refractivity contribution in [2.45, 2.75) is 13.5 Å². The number of piperazine rings is 1. The highest BCUT2D eigenvalue weighted by Crippen LogP contribution is 2.16. The largest absolute Gasteiger partial charge is 0.365 e. The summed E-state index contributed by atoms with van der Waals surface area (Å²) in [6, 6.07) is 7.65. The van der Waals surface area contributed by atoms with Gasteiger partial charge in [-0.1, -0.05) is 13.0 Å². The van der Waals surface area contributed by atoms with Crippen LogP contribution in [0.15, 0.2) is 36.7 Å². The molecule has 0 aromatic carbocycles. The normalized spacial score (nSPS) is 14.9. The molecule has 138 valence electrons. The van der Waals surface area contributed by atoms with Crippen molar-refractivity contribution in [1.82, 2.24) is 20.2 Å². The number of pyridine rings is 2. The van der Waals surface area contributed by atoms with Gasteiger partial charge in [-0.2, -0.15) is 0 Å². The molecule has 0 spiro atoms. The van der Waals surface area contributed by atoms with Crippen LogP contribution in [-0.2, 0) is 6.54 Å². The minimum Gasteiger partial charge on any atom is -0.365 e. The lowest BCUT2D eigenvalue weighted by Crippen LogP contribution is -2.46. The highest BCUT2D eigenvalue weighted by atomic mass is 16.1. The van der Waals surface area contributed by atoms with Gasteiger partial charge in [-0.15, -0.1) is 0 Å². The summed E-state index contributed by atoms with van der Waals surface area (Å²) in [5, 5.41) is 5.86. The van der Waals surface area contributed by atoms with E-state index in [4.69, 9.17) is 0 Å². The van der Waals surface area contributed by atoms with Gasteiger partial charge in [-0.25, -0.2) is 9.97 Å². The Hall–Kier alpha value is -2.67.